The maximum atomic E-state index is 12.5. The van der Waals surface area contributed by atoms with Crippen molar-refractivity contribution in [2.24, 2.45) is 0 Å². The molecule has 1 aromatic heterocycles. The molecule has 1 amide bonds. The highest BCUT2D eigenvalue weighted by atomic mass is 32.2. The van der Waals surface area contributed by atoms with E-state index in [1.165, 1.54) is 20.9 Å². The first-order valence-corrected chi connectivity index (χ1v) is 7.72. The number of likely N-dealkylation sites (N-methyl/N-ethyl adjacent to an activating group) is 2. The summed E-state index contributed by atoms with van der Waals surface area (Å²) < 4.78 is 25.9. The Hall–Kier alpha value is -1.87. The van der Waals surface area contributed by atoms with Crippen LogP contribution in [-0.2, 0) is 14.8 Å². The number of aromatic amines is 1. The Balaban J connectivity index is 3.20. The molecule has 0 bridgehead atoms. The molecule has 0 fully saturated rings. The number of nitrogens with zero attached hydrogens (tertiary/aromatic N) is 1. The quantitative estimate of drug-likeness (QED) is 0.686. The number of carboxylic acid groups (broad SMARTS) is 1. The third-order valence-corrected chi connectivity index (χ3v) is 5.07. The molecule has 118 valence electrons. The third-order valence-electron chi connectivity index (χ3n) is 2.99. The molecule has 0 aliphatic rings. The van der Waals surface area contributed by atoms with E-state index < -0.39 is 21.9 Å². The Kier molecular flexibility index (Phi) is 5.13. The number of aromatic carboxylic acids is 1. The number of carbonyl (C=O) groups excluding carboxylic acids is 1. The van der Waals surface area contributed by atoms with Gasteiger partial charge in [-0.2, -0.15) is 4.31 Å². The van der Waals surface area contributed by atoms with Crippen LogP contribution in [0.1, 0.15) is 28.7 Å². The average molecular weight is 317 g/mol. The number of aryl methyl sites for hydroxylation is 1. The van der Waals surface area contributed by atoms with Crippen LogP contribution >= 0.6 is 0 Å². The molecular weight excluding hydrogens is 298 g/mol. The maximum Gasteiger partial charge on any atom is 0.352 e. The highest BCUT2D eigenvalue weighted by Gasteiger charge is 2.30. The van der Waals surface area contributed by atoms with Gasteiger partial charge in [0.05, 0.1) is 6.54 Å². The summed E-state index contributed by atoms with van der Waals surface area (Å²) in [5, 5.41) is 11.5. The molecule has 1 aromatic rings. The Labute approximate surface area is 123 Å². The largest absolute Gasteiger partial charge is 0.477 e. The van der Waals surface area contributed by atoms with Crippen LogP contribution in [-0.4, -0.2) is 54.8 Å². The van der Waals surface area contributed by atoms with E-state index in [-0.39, 0.29) is 28.4 Å². The van der Waals surface area contributed by atoms with Gasteiger partial charge in [-0.1, -0.05) is 0 Å². The van der Waals surface area contributed by atoms with Crippen molar-refractivity contribution in [3.8, 4) is 0 Å². The van der Waals surface area contributed by atoms with E-state index in [2.05, 4.69) is 10.3 Å². The standard InChI is InChI=1S/C12H19N3O5S/c1-5-13-9(16)6-15(4)21(19,20)11-7(2)10(12(17)18)14-8(11)3/h14H,5-6H2,1-4H3,(H,13,16)(H,17,18). The topological polar surface area (TPSA) is 120 Å². The molecule has 9 heteroatoms. The summed E-state index contributed by atoms with van der Waals surface area (Å²) in [5.74, 6) is -1.66. The van der Waals surface area contributed by atoms with Gasteiger partial charge in [-0.05, 0) is 20.8 Å². The number of carbonyl (C=O) groups is 2. The second kappa shape index (κ2) is 6.27. The first-order chi connectivity index (χ1) is 9.62. The van der Waals surface area contributed by atoms with Crippen molar-refractivity contribution in [3.63, 3.8) is 0 Å². The SMILES string of the molecule is CCNC(=O)CN(C)S(=O)(=O)c1c(C)[nH]c(C(=O)O)c1C. The van der Waals surface area contributed by atoms with Crippen LogP contribution in [0, 0.1) is 13.8 Å². The molecule has 1 rings (SSSR count). The summed E-state index contributed by atoms with van der Waals surface area (Å²) in [5.41, 5.74) is 0.188. The predicted molar refractivity (Wildman–Crippen MR) is 75.7 cm³/mol. The van der Waals surface area contributed by atoms with Crippen molar-refractivity contribution < 1.29 is 23.1 Å². The summed E-state index contributed by atoms with van der Waals surface area (Å²) in [7, 11) is -2.67. The zero-order chi connectivity index (χ0) is 16.4. The minimum Gasteiger partial charge on any atom is -0.477 e. The van der Waals surface area contributed by atoms with Crippen LogP contribution in [0.2, 0.25) is 0 Å². The molecule has 1 heterocycles. The second-order valence-corrected chi connectivity index (χ2v) is 6.58. The monoisotopic (exact) mass is 317 g/mol. The molecule has 0 unspecified atom stereocenters. The summed E-state index contributed by atoms with van der Waals surface area (Å²) >= 11 is 0. The van der Waals surface area contributed by atoms with E-state index in [4.69, 9.17) is 5.11 Å². The van der Waals surface area contributed by atoms with Crippen molar-refractivity contribution in [3.05, 3.63) is 17.0 Å². The Morgan fingerprint density at radius 3 is 2.33 bits per heavy atom. The van der Waals surface area contributed by atoms with Gasteiger partial charge >= 0.3 is 5.97 Å². The molecule has 8 nitrogen and oxygen atoms in total. The Morgan fingerprint density at radius 2 is 1.90 bits per heavy atom. The number of H-pyrrole nitrogens is 1. The lowest BCUT2D eigenvalue weighted by molar-refractivity contribution is -0.121. The van der Waals surface area contributed by atoms with Gasteiger partial charge in [-0.3, -0.25) is 4.79 Å². The van der Waals surface area contributed by atoms with Gasteiger partial charge < -0.3 is 15.4 Å². The minimum absolute atomic E-state index is 0.105. The fraction of sp³-hybridized carbons (Fsp3) is 0.500. The molecule has 0 spiro atoms. The predicted octanol–water partition coefficient (Wildman–Crippen LogP) is 0.0863. The van der Waals surface area contributed by atoms with Gasteiger partial charge in [-0.25, -0.2) is 13.2 Å². The average Bonchev–Trinajstić information content (AvgIpc) is 2.65. The molecular formula is C12H19N3O5S. The van der Waals surface area contributed by atoms with Gasteiger partial charge in [0, 0.05) is 24.8 Å². The number of nitrogens with one attached hydrogen (secondary N) is 2. The highest BCUT2D eigenvalue weighted by Crippen LogP contribution is 2.25. The first-order valence-electron chi connectivity index (χ1n) is 6.28. The van der Waals surface area contributed by atoms with E-state index in [0.717, 1.165) is 4.31 Å². The van der Waals surface area contributed by atoms with Crippen molar-refractivity contribution in [1.29, 1.82) is 0 Å². The van der Waals surface area contributed by atoms with E-state index in [9.17, 15) is 18.0 Å². The molecule has 0 saturated carbocycles. The highest BCUT2D eigenvalue weighted by molar-refractivity contribution is 7.89. The minimum atomic E-state index is -3.95. The third kappa shape index (κ3) is 3.42. The smallest absolute Gasteiger partial charge is 0.352 e. The zero-order valence-corrected chi connectivity index (χ0v) is 13.2. The lowest BCUT2D eigenvalue weighted by atomic mass is 10.2. The van der Waals surface area contributed by atoms with Crippen LogP contribution < -0.4 is 5.32 Å². The van der Waals surface area contributed by atoms with E-state index in [1.807, 2.05) is 0 Å². The van der Waals surface area contributed by atoms with Crippen LogP contribution in [0.25, 0.3) is 0 Å². The summed E-state index contributed by atoms with van der Waals surface area (Å²) in [4.78, 5) is 25.0. The molecule has 21 heavy (non-hydrogen) atoms. The van der Waals surface area contributed by atoms with Crippen LogP contribution in [0.3, 0.4) is 0 Å². The summed E-state index contributed by atoms with van der Waals surface area (Å²) in [6, 6.07) is 0. The molecule has 0 aliphatic carbocycles. The fourth-order valence-corrected chi connectivity index (χ4v) is 3.56. The van der Waals surface area contributed by atoms with Gasteiger partial charge in [0.2, 0.25) is 15.9 Å². The molecule has 0 saturated heterocycles. The fourth-order valence-electron chi connectivity index (χ4n) is 2.03. The van der Waals surface area contributed by atoms with Gasteiger partial charge in [0.15, 0.2) is 0 Å². The van der Waals surface area contributed by atoms with Crippen molar-refractivity contribution in [2.45, 2.75) is 25.7 Å². The number of hydrogen-bond acceptors (Lipinski definition) is 4. The number of amides is 1. The summed E-state index contributed by atoms with van der Waals surface area (Å²) in [6.45, 7) is 4.69. The number of carboxylic acids is 1. The van der Waals surface area contributed by atoms with Crippen LogP contribution in [0.5, 0.6) is 0 Å². The zero-order valence-electron chi connectivity index (χ0n) is 12.3. The number of aromatic nitrogens is 1. The molecule has 0 aliphatic heterocycles. The Morgan fingerprint density at radius 1 is 1.33 bits per heavy atom. The van der Waals surface area contributed by atoms with E-state index in [0.29, 0.717) is 6.54 Å². The number of rotatable bonds is 6. The summed E-state index contributed by atoms with van der Waals surface area (Å²) in [6.07, 6.45) is 0. The molecule has 0 aromatic carbocycles. The van der Waals surface area contributed by atoms with Gasteiger partial charge in [-0.15, -0.1) is 0 Å². The van der Waals surface area contributed by atoms with Crippen LogP contribution in [0.15, 0.2) is 4.90 Å². The number of sulfonamides is 1. The number of hydrogen-bond donors (Lipinski definition) is 3. The lowest BCUT2D eigenvalue weighted by Gasteiger charge is -2.17. The van der Waals surface area contributed by atoms with E-state index >= 15 is 0 Å². The van der Waals surface area contributed by atoms with Crippen molar-refractivity contribution in [1.82, 2.24) is 14.6 Å². The maximum absolute atomic E-state index is 12.5. The molecule has 0 radical (unpaired) electrons. The molecule has 0 atom stereocenters. The lowest BCUT2D eigenvalue weighted by Crippen LogP contribution is -2.38. The van der Waals surface area contributed by atoms with Gasteiger partial charge in [0.25, 0.3) is 0 Å². The van der Waals surface area contributed by atoms with Crippen LogP contribution in [0.4, 0.5) is 0 Å². The molecule has 3 N–H and O–H groups in total. The Bertz CT molecular complexity index is 663. The van der Waals surface area contributed by atoms with Crippen molar-refractivity contribution in [2.75, 3.05) is 20.1 Å². The van der Waals surface area contributed by atoms with Crippen molar-refractivity contribution >= 4 is 21.9 Å². The van der Waals surface area contributed by atoms with Gasteiger partial charge in [0.1, 0.15) is 10.6 Å². The van der Waals surface area contributed by atoms with E-state index in [1.54, 1.807) is 6.92 Å². The second-order valence-electron chi connectivity index (χ2n) is 4.60. The normalized spacial score (nSPS) is 11.7. The first kappa shape index (κ1) is 17.2.